The van der Waals surface area contributed by atoms with Gasteiger partial charge in [-0.3, -0.25) is 0 Å². The van der Waals surface area contributed by atoms with E-state index in [2.05, 4.69) is 10.5 Å². The molecule has 1 aromatic rings. The predicted molar refractivity (Wildman–Crippen MR) is 58.6 cm³/mol. The molecule has 0 fully saturated rings. The lowest BCUT2D eigenvalue weighted by Crippen LogP contribution is -2.21. The fourth-order valence-electron chi connectivity index (χ4n) is 0.992. The van der Waals surface area contributed by atoms with Crippen molar-refractivity contribution in [3.8, 4) is 5.75 Å². The van der Waals surface area contributed by atoms with Crippen LogP contribution in [0.1, 0.15) is 0 Å². The number of carbonyl (C=O) groups is 1. The van der Waals surface area contributed by atoms with Crippen LogP contribution in [0.15, 0.2) is 29.4 Å². The average molecular weight is 224 g/mol. The highest BCUT2D eigenvalue weighted by Gasteiger charge is 2.00. The fraction of sp³-hybridized carbons (Fsp3) is 0.111. The number of nitrogens with zero attached hydrogens (tertiary/aromatic N) is 1. The number of ether oxygens (including phenoxy) is 1. The van der Waals surface area contributed by atoms with E-state index in [9.17, 15) is 4.79 Å². The smallest absolute Gasteiger partial charge is 0.316 e. The fourth-order valence-corrected chi connectivity index (χ4v) is 0.992. The molecule has 0 bridgehead atoms. The van der Waals surface area contributed by atoms with E-state index in [-0.39, 0.29) is 12.4 Å². The Morgan fingerprint density at radius 2 is 2.25 bits per heavy atom. The third-order valence-corrected chi connectivity index (χ3v) is 1.62. The van der Waals surface area contributed by atoms with E-state index in [1.54, 1.807) is 24.3 Å². The third kappa shape index (κ3) is 3.74. The summed E-state index contributed by atoms with van der Waals surface area (Å²) in [5.74, 6) is 0.422. The zero-order valence-corrected chi connectivity index (χ0v) is 8.38. The summed E-state index contributed by atoms with van der Waals surface area (Å²) in [6.07, 6.45) is 0. The minimum atomic E-state index is -0.659. The maximum atomic E-state index is 10.6. The van der Waals surface area contributed by atoms with Crippen molar-refractivity contribution >= 4 is 17.6 Å². The van der Waals surface area contributed by atoms with Crippen LogP contribution in [0.4, 0.5) is 10.5 Å². The molecule has 0 aliphatic carbocycles. The molecule has 2 amide bonds. The van der Waals surface area contributed by atoms with Crippen molar-refractivity contribution in [3.05, 3.63) is 24.3 Å². The van der Waals surface area contributed by atoms with Crippen LogP contribution in [-0.2, 0) is 0 Å². The van der Waals surface area contributed by atoms with Crippen LogP contribution < -0.4 is 21.5 Å². The van der Waals surface area contributed by atoms with Gasteiger partial charge >= 0.3 is 6.03 Å². The summed E-state index contributed by atoms with van der Waals surface area (Å²) in [6, 6.07) is 5.90. The second kappa shape index (κ2) is 5.44. The summed E-state index contributed by atoms with van der Waals surface area (Å²) in [6.45, 7) is -0.0451. The molecular formula is C9H12N4O3. The van der Waals surface area contributed by atoms with Crippen molar-refractivity contribution in [1.82, 2.24) is 0 Å². The van der Waals surface area contributed by atoms with Gasteiger partial charge in [0.15, 0.2) is 5.84 Å². The van der Waals surface area contributed by atoms with Crippen LogP contribution in [0.3, 0.4) is 0 Å². The Kier molecular flexibility index (Phi) is 3.96. The topological polar surface area (TPSA) is 123 Å². The Morgan fingerprint density at radius 3 is 2.88 bits per heavy atom. The number of nitrogens with one attached hydrogen (secondary N) is 1. The van der Waals surface area contributed by atoms with E-state index in [1.807, 2.05) is 0 Å². The summed E-state index contributed by atoms with van der Waals surface area (Å²) >= 11 is 0. The number of amidine groups is 1. The minimum absolute atomic E-state index is 0.0451. The van der Waals surface area contributed by atoms with Crippen molar-refractivity contribution < 1.29 is 14.7 Å². The van der Waals surface area contributed by atoms with Gasteiger partial charge in [0.2, 0.25) is 0 Å². The van der Waals surface area contributed by atoms with Gasteiger partial charge in [-0.1, -0.05) is 11.2 Å². The van der Waals surface area contributed by atoms with Crippen LogP contribution in [0.5, 0.6) is 5.75 Å². The molecule has 7 nitrogen and oxygen atoms in total. The number of primary amides is 1. The number of carbonyl (C=O) groups excluding carboxylic acids is 1. The van der Waals surface area contributed by atoms with Crippen LogP contribution in [0.25, 0.3) is 0 Å². The van der Waals surface area contributed by atoms with Crippen LogP contribution in [0, 0.1) is 0 Å². The molecule has 0 unspecified atom stereocenters. The van der Waals surface area contributed by atoms with Crippen molar-refractivity contribution in [2.75, 3.05) is 11.9 Å². The number of oxime groups is 1. The number of benzene rings is 1. The van der Waals surface area contributed by atoms with Gasteiger partial charge in [-0.15, -0.1) is 0 Å². The minimum Gasteiger partial charge on any atom is -0.485 e. The lowest BCUT2D eigenvalue weighted by atomic mass is 10.3. The number of hydrogen-bond donors (Lipinski definition) is 4. The standard InChI is InChI=1S/C9H12N4O3/c10-8(13-15)5-16-7-3-1-2-6(4-7)12-9(11)14/h1-4,15H,5H2,(H2,10,13)(H3,11,12,14). The molecule has 0 saturated heterocycles. The number of anilines is 1. The molecule has 0 spiro atoms. The Hall–Kier alpha value is -2.44. The molecule has 1 aromatic carbocycles. The summed E-state index contributed by atoms with van der Waals surface area (Å²) < 4.78 is 5.17. The molecular weight excluding hydrogens is 212 g/mol. The number of amides is 2. The first-order chi connectivity index (χ1) is 7.61. The van der Waals surface area contributed by atoms with Crippen molar-refractivity contribution in [2.45, 2.75) is 0 Å². The molecule has 0 heterocycles. The second-order valence-corrected chi connectivity index (χ2v) is 2.90. The van der Waals surface area contributed by atoms with Gasteiger partial charge in [-0.05, 0) is 12.1 Å². The molecule has 1 rings (SSSR count). The van der Waals surface area contributed by atoms with Gasteiger partial charge < -0.3 is 26.7 Å². The Bertz CT molecular complexity index is 405. The quantitative estimate of drug-likeness (QED) is 0.254. The molecule has 86 valence electrons. The van der Waals surface area contributed by atoms with Crippen LogP contribution in [0.2, 0.25) is 0 Å². The van der Waals surface area contributed by atoms with E-state index >= 15 is 0 Å². The van der Waals surface area contributed by atoms with Crippen LogP contribution in [-0.4, -0.2) is 23.7 Å². The Balaban J connectivity index is 2.63. The maximum absolute atomic E-state index is 10.6. The van der Waals surface area contributed by atoms with Crippen LogP contribution >= 0.6 is 0 Å². The lowest BCUT2D eigenvalue weighted by Gasteiger charge is -2.07. The highest BCUT2D eigenvalue weighted by Crippen LogP contribution is 2.16. The lowest BCUT2D eigenvalue weighted by molar-refractivity contribution is 0.259. The van der Waals surface area contributed by atoms with Gasteiger partial charge in [-0.2, -0.15) is 0 Å². The predicted octanol–water partition coefficient (Wildman–Crippen LogP) is 0.302. The monoisotopic (exact) mass is 224 g/mol. The van der Waals surface area contributed by atoms with Crippen molar-refractivity contribution in [1.29, 1.82) is 0 Å². The number of hydrogen-bond acceptors (Lipinski definition) is 4. The molecule has 0 aromatic heterocycles. The van der Waals surface area contributed by atoms with Gasteiger partial charge in [-0.25, -0.2) is 4.79 Å². The third-order valence-electron chi connectivity index (χ3n) is 1.62. The Labute approximate surface area is 91.7 Å². The first-order valence-electron chi connectivity index (χ1n) is 4.37. The molecule has 0 aliphatic rings. The molecule has 7 heteroatoms. The summed E-state index contributed by atoms with van der Waals surface area (Å²) in [5.41, 5.74) is 10.7. The normalized spacial score (nSPS) is 10.9. The summed E-state index contributed by atoms with van der Waals surface area (Å²) in [7, 11) is 0. The molecule has 6 N–H and O–H groups in total. The molecule has 0 saturated carbocycles. The van der Waals surface area contributed by atoms with E-state index in [0.29, 0.717) is 11.4 Å². The first-order valence-corrected chi connectivity index (χ1v) is 4.37. The number of nitrogens with two attached hydrogens (primary N) is 2. The van der Waals surface area contributed by atoms with Gasteiger partial charge in [0.1, 0.15) is 12.4 Å². The second-order valence-electron chi connectivity index (χ2n) is 2.90. The molecule has 16 heavy (non-hydrogen) atoms. The van der Waals surface area contributed by atoms with Gasteiger partial charge in [0, 0.05) is 11.8 Å². The SMILES string of the molecule is NC(=O)Nc1cccc(OC/C(N)=N/O)c1. The zero-order chi connectivity index (χ0) is 12.0. The van der Waals surface area contributed by atoms with E-state index in [4.69, 9.17) is 21.4 Å². The van der Waals surface area contributed by atoms with Gasteiger partial charge in [0.25, 0.3) is 0 Å². The number of rotatable bonds is 4. The zero-order valence-electron chi connectivity index (χ0n) is 8.38. The number of urea groups is 1. The molecule has 0 aliphatic heterocycles. The molecule has 0 radical (unpaired) electrons. The van der Waals surface area contributed by atoms with E-state index in [0.717, 1.165) is 0 Å². The highest BCUT2D eigenvalue weighted by molar-refractivity contribution is 5.88. The summed E-state index contributed by atoms with van der Waals surface area (Å²) in [4.78, 5) is 10.6. The molecule has 0 atom stereocenters. The van der Waals surface area contributed by atoms with E-state index < -0.39 is 6.03 Å². The van der Waals surface area contributed by atoms with Crippen molar-refractivity contribution in [2.24, 2.45) is 16.6 Å². The average Bonchev–Trinajstić information content (AvgIpc) is 2.25. The first kappa shape index (κ1) is 11.6. The Morgan fingerprint density at radius 1 is 1.50 bits per heavy atom. The van der Waals surface area contributed by atoms with Gasteiger partial charge in [0.05, 0.1) is 0 Å². The van der Waals surface area contributed by atoms with Crippen molar-refractivity contribution in [3.63, 3.8) is 0 Å². The van der Waals surface area contributed by atoms with E-state index in [1.165, 1.54) is 0 Å². The summed E-state index contributed by atoms with van der Waals surface area (Å²) in [5, 5.41) is 13.4. The largest absolute Gasteiger partial charge is 0.485 e. The highest BCUT2D eigenvalue weighted by atomic mass is 16.5. The maximum Gasteiger partial charge on any atom is 0.316 e.